The van der Waals surface area contributed by atoms with Crippen molar-refractivity contribution in [2.75, 3.05) is 0 Å². The van der Waals surface area contributed by atoms with Crippen molar-refractivity contribution in [3.8, 4) is 0 Å². The number of aryl methyl sites for hydroxylation is 1. The van der Waals surface area contributed by atoms with Crippen LogP contribution in [0.4, 0.5) is 0 Å². The molecule has 60 valence electrons. The number of alkyl halides is 1. The summed E-state index contributed by atoms with van der Waals surface area (Å²) in [5, 5.41) is 0.908. The van der Waals surface area contributed by atoms with E-state index in [1.165, 1.54) is 19.2 Å². The average molecular weight is 390 g/mol. The van der Waals surface area contributed by atoms with E-state index in [2.05, 4.69) is 73.5 Å². The van der Waals surface area contributed by atoms with Crippen LogP contribution in [0.3, 0.4) is 0 Å². The highest BCUT2D eigenvalue weighted by Crippen LogP contribution is 2.24. The second kappa shape index (κ2) is 4.23. The summed E-state index contributed by atoms with van der Waals surface area (Å²) in [4.78, 5) is 0. The van der Waals surface area contributed by atoms with Gasteiger partial charge in [0.15, 0.2) is 0 Å². The SMILES string of the molecule is Cc1cc(CBr)c(Br)cc1I. The van der Waals surface area contributed by atoms with Gasteiger partial charge >= 0.3 is 0 Å². The van der Waals surface area contributed by atoms with Crippen molar-refractivity contribution in [2.45, 2.75) is 12.3 Å². The summed E-state index contributed by atoms with van der Waals surface area (Å²) >= 11 is 9.28. The maximum Gasteiger partial charge on any atom is 0.0294 e. The molecule has 0 atom stereocenters. The van der Waals surface area contributed by atoms with Gasteiger partial charge in [-0.25, -0.2) is 0 Å². The summed E-state index contributed by atoms with van der Waals surface area (Å²) in [5.74, 6) is 0. The third-order valence-corrected chi connectivity index (χ3v) is 3.98. The van der Waals surface area contributed by atoms with Gasteiger partial charge < -0.3 is 0 Å². The zero-order valence-corrected chi connectivity index (χ0v) is 11.3. The zero-order valence-electron chi connectivity index (χ0n) is 6.00. The summed E-state index contributed by atoms with van der Waals surface area (Å²) in [6, 6.07) is 4.34. The molecular formula is C8H7Br2I. The molecule has 0 nitrogen and oxygen atoms in total. The quantitative estimate of drug-likeness (QED) is 0.497. The Hall–Kier alpha value is 0.910. The van der Waals surface area contributed by atoms with E-state index >= 15 is 0 Å². The maximum atomic E-state index is 3.51. The normalized spacial score (nSPS) is 10.2. The van der Waals surface area contributed by atoms with E-state index in [9.17, 15) is 0 Å². The first-order valence-corrected chi connectivity index (χ1v) is 6.15. The minimum atomic E-state index is 0.908. The Bertz CT molecular complexity index is 271. The lowest BCUT2D eigenvalue weighted by atomic mass is 10.2. The molecule has 0 aliphatic rings. The lowest BCUT2D eigenvalue weighted by molar-refractivity contribution is 1.32. The van der Waals surface area contributed by atoms with Crippen LogP contribution in [0.15, 0.2) is 16.6 Å². The minimum absolute atomic E-state index is 0.908. The third kappa shape index (κ3) is 2.42. The highest BCUT2D eigenvalue weighted by Gasteiger charge is 2.01. The Balaban J connectivity index is 3.21. The maximum absolute atomic E-state index is 3.51. The van der Waals surface area contributed by atoms with E-state index in [1.54, 1.807) is 0 Å². The summed E-state index contributed by atoms with van der Waals surface area (Å²) < 4.78 is 2.49. The second-order valence-electron chi connectivity index (χ2n) is 2.33. The molecule has 1 rings (SSSR count). The molecule has 0 heterocycles. The van der Waals surface area contributed by atoms with Crippen molar-refractivity contribution in [1.29, 1.82) is 0 Å². The molecule has 0 spiro atoms. The molecule has 0 unspecified atom stereocenters. The lowest BCUT2D eigenvalue weighted by Gasteiger charge is -2.03. The Morgan fingerprint density at radius 3 is 2.64 bits per heavy atom. The van der Waals surface area contributed by atoms with Crippen LogP contribution in [-0.2, 0) is 5.33 Å². The van der Waals surface area contributed by atoms with E-state index in [1.807, 2.05) is 0 Å². The van der Waals surface area contributed by atoms with Crippen molar-refractivity contribution in [2.24, 2.45) is 0 Å². The number of hydrogen-bond donors (Lipinski definition) is 0. The predicted octanol–water partition coefficient (Wildman–Crippen LogP) is 4.26. The summed E-state index contributed by atoms with van der Waals surface area (Å²) in [6.45, 7) is 2.13. The number of benzene rings is 1. The van der Waals surface area contributed by atoms with Gasteiger partial charge in [0.1, 0.15) is 0 Å². The summed E-state index contributed by atoms with van der Waals surface area (Å²) in [5.41, 5.74) is 2.64. The molecule has 3 heteroatoms. The Kier molecular flexibility index (Phi) is 3.85. The highest BCUT2D eigenvalue weighted by molar-refractivity contribution is 14.1. The van der Waals surface area contributed by atoms with Gasteiger partial charge in [-0.05, 0) is 46.7 Å². The van der Waals surface area contributed by atoms with Crippen LogP contribution in [0.5, 0.6) is 0 Å². The molecule has 0 aliphatic carbocycles. The third-order valence-electron chi connectivity index (χ3n) is 1.47. The fourth-order valence-electron chi connectivity index (χ4n) is 0.819. The molecule has 0 fully saturated rings. The Morgan fingerprint density at radius 1 is 1.45 bits per heavy atom. The Labute approximate surface area is 97.2 Å². The summed E-state index contributed by atoms with van der Waals surface area (Å²) in [7, 11) is 0. The van der Waals surface area contributed by atoms with Gasteiger partial charge in [0.25, 0.3) is 0 Å². The van der Waals surface area contributed by atoms with Crippen LogP contribution in [0, 0.1) is 10.5 Å². The molecule has 0 aromatic heterocycles. The van der Waals surface area contributed by atoms with Crippen molar-refractivity contribution in [1.82, 2.24) is 0 Å². The number of rotatable bonds is 1. The van der Waals surface area contributed by atoms with Gasteiger partial charge in [-0.15, -0.1) is 0 Å². The molecular weight excluding hydrogens is 383 g/mol. The van der Waals surface area contributed by atoms with Crippen molar-refractivity contribution < 1.29 is 0 Å². The second-order valence-corrected chi connectivity index (χ2v) is 4.90. The molecule has 0 N–H and O–H groups in total. The first-order chi connectivity index (χ1) is 5.15. The van der Waals surface area contributed by atoms with Crippen LogP contribution in [0.2, 0.25) is 0 Å². The average Bonchev–Trinajstić information content (AvgIpc) is 1.97. The van der Waals surface area contributed by atoms with Crippen LogP contribution in [-0.4, -0.2) is 0 Å². The minimum Gasteiger partial charge on any atom is -0.0876 e. The van der Waals surface area contributed by atoms with E-state index in [-0.39, 0.29) is 0 Å². The number of hydrogen-bond acceptors (Lipinski definition) is 0. The predicted molar refractivity (Wildman–Crippen MR) is 64.2 cm³/mol. The van der Waals surface area contributed by atoms with Gasteiger partial charge in [-0.1, -0.05) is 37.9 Å². The molecule has 0 saturated carbocycles. The van der Waals surface area contributed by atoms with Gasteiger partial charge in [-0.3, -0.25) is 0 Å². The topological polar surface area (TPSA) is 0 Å². The lowest BCUT2D eigenvalue weighted by Crippen LogP contribution is -1.86. The van der Waals surface area contributed by atoms with Crippen molar-refractivity contribution >= 4 is 54.5 Å². The van der Waals surface area contributed by atoms with E-state index in [0.717, 1.165) is 5.33 Å². The van der Waals surface area contributed by atoms with Crippen LogP contribution < -0.4 is 0 Å². The van der Waals surface area contributed by atoms with Gasteiger partial charge in [0.05, 0.1) is 0 Å². The summed E-state index contributed by atoms with van der Waals surface area (Å²) in [6.07, 6.45) is 0. The highest BCUT2D eigenvalue weighted by atomic mass is 127. The Morgan fingerprint density at radius 2 is 2.09 bits per heavy atom. The zero-order chi connectivity index (χ0) is 8.43. The monoisotopic (exact) mass is 388 g/mol. The molecule has 0 bridgehead atoms. The largest absolute Gasteiger partial charge is 0.0876 e. The van der Waals surface area contributed by atoms with E-state index in [4.69, 9.17) is 0 Å². The standard InChI is InChI=1S/C8H7Br2I/c1-5-2-6(4-9)7(10)3-8(5)11/h2-3H,4H2,1H3. The van der Waals surface area contributed by atoms with E-state index < -0.39 is 0 Å². The van der Waals surface area contributed by atoms with Crippen LogP contribution >= 0.6 is 54.5 Å². The van der Waals surface area contributed by atoms with Crippen molar-refractivity contribution in [3.05, 3.63) is 31.3 Å². The molecule has 0 amide bonds. The molecule has 0 radical (unpaired) electrons. The van der Waals surface area contributed by atoms with Crippen LogP contribution in [0.1, 0.15) is 11.1 Å². The van der Waals surface area contributed by atoms with Gasteiger partial charge in [0, 0.05) is 13.4 Å². The van der Waals surface area contributed by atoms with Crippen molar-refractivity contribution in [3.63, 3.8) is 0 Å². The van der Waals surface area contributed by atoms with Crippen LogP contribution in [0.25, 0.3) is 0 Å². The number of halogens is 3. The fourth-order valence-corrected chi connectivity index (χ4v) is 3.04. The molecule has 0 saturated heterocycles. The first kappa shape index (κ1) is 9.99. The first-order valence-electron chi connectivity index (χ1n) is 3.15. The molecule has 11 heavy (non-hydrogen) atoms. The molecule has 1 aromatic carbocycles. The fraction of sp³-hybridized carbons (Fsp3) is 0.250. The van der Waals surface area contributed by atoms with Gasteiger partial charge in [-0.2, -0.15) is 0 Å². The smallest absolute Gasteiger partial charge is 0.0294 e. The van der Waals surface area contributed by atoms with E-state index in [0.29, 0.717) is 0 Å². The molecule has 0 aliphatic heterocycles. The molecule has 1 aromatic rings. The van der Waals surface area contributed by atoms with Gasteiger partial charge in [0.2, 0.25) is 0 Å².